The molecule has 0 N–H and O–H groups in total. The Morgan fingerprint density at radius 3 is 2.16 bits per heavy atom. The van der Waals surface area contributed by atoms with Crippen molar-refractivity contribution in [2.75, 3.05) is 27.2 Å². The van der Waals surface area contributed by atoms with Crippen molar-refractivity contribution < 1.29 is 14.4 Å². The van der Waals surface area contributed by atoms with Gasteiger partial charge in [-0.2, -0.15) is 5.06 Å². The van der Waals surface area contributed by atoms with E-state index in [1.807, 2.05) is 26.0 Å². The molecule has 1 unspecified atom stereocenters. The maximum absolute atomic E-state index is 13.5. The standard InChI is InChI=1S/C18H22BrClN2O3/c1-11-9-13(19)10-12(2)14(11)18(20)15(23)17(21(3)16(18)24)5-7-22(25-4)8-6-17/h9-10H,5-8H2,1-4H3. The number of likely N-dealkylation sites (N-methyl/N-ethyl adjacent to an activating group) is 1. The van der Waals surface area contributed by atoms with Crippen LogP contribution in [0.3, 0.4) is 0 Å². The van der Waals surface area contributed by atoms with Gasteiger partial charge in [-0.05, 0) is 55.5 Å². The van der Waals surface area contributed by atoms with Gasteiger partial charge in [-0.25, -0.2) is 0 Å². The lowest BCUT2D eigenvalue weighted by Gasteiger charge is -2.41. The van der Waals surface area contributed by atoms with Crippen molar-refractivity contribution in [1.82, 2.24) is 9.96 Å². The predicted octanol–water partition coefficient (Wildman–Crippen LogP) is 2.94. The molecule has 1 atom stereocenters. The third-order valence-corrected chi connectivity index (χ3v) is 6.61. The van der Waals surface area contributed by atoms with Crippen LogP contribution >= 0.6 is 27.5 Å². The van der Waals surface area contributed by atoms with Crippen LogP contribution in [0, 0.1) is 13.8 Å². The van der Waals surface area contributed by atoms with E-state index in [4.69, 9.17) is 16.4 Å². The third kappa shape index (κ3) is 2.57. The van der Waals surface area contributed by atoms with Crippen LogP contribution in [0.25, 0.3) is 0 Å². The molecule has 1 spiro atoms. The molecule has 7 heteroatoms. The molecule has 0 radical (unpaired) electrons. The number of halogens is 2. The largest absolute Gasteiger partial charge is 0.331 e. The van der Waals surface area contributed by atoms with Crippen LogP contribution in [0.4, 0.5) is 0 Å². The zero-order valence-corrected chi connectivity index (χ0v) is 17.2. The Bertz CT molecular complexity index is 723. The summed E-state index contributed by atoms with van der Waals surface area (Å²) < 4.78 is 0.904. The summed E-state index contributed by atoms with van der Waals surface area (Å²) in [4.78, 5) is 31.9. The van der Waals surface area contributed by atoms with E-state index in [0.717, 1.165) is 15.6 Å². The van der Waals surface area contributed by atoms with Crippen LogP contribution in [0.5, 0.6) is 0 Å². The first kappa shape index (κ1) is 18.8. The molecular formula is C18H22BrClN2O3. The summed E-state index contributed by atoms with van der Waals surface area (Å²) >= 11 is 10.3. The number of benzene rings is 1. The van der Waals surface area contributed by atoms with Crippen molar-refractivity contribution in [1.29, 1.82) is 0 Å². The van der Waals surface area contributed by atoms with Gasteiger partial charge in [0.2, 0.25) is 4.87 Å². The van der Waals surface area contributed by atoms with Crippen LogP contribution in [0.15, 0.2) is 16.6 Å². The molecule has 25 heavy (non-hydrogen) atoms. The van der Waals surface area contributed by atoms with E-state index < -0.39 is 10.4 Å². The topological polar surface area (TPSA) is 49.9 Å². The van der Waals surface area contributed by atoms with Crippen LogP contribution in [-0.4, -0.2) is 54.4 Å². The summed E-state index contributed by atoms with van der Waals surface area (Å²) in [5.74, 6) is -0.544. The predicted molar refractivity (Wildman–Crippen MR) is 99.5 cm³/mol. The zero-order chi connectivity index (χ0) is 18.6. The molecule has 2 heterocycles. The quantitative estimate of drug-likeness (QED) is 0.536. The number of carbonyl (C=O) groups excluding carboxylic acids is 2. The molecule has 3 rings (SSSR count). The monoisotopic (exact) mass is 428 g/mol. The Balaban J connectivity index is 2.10. The fraction of sp³-hybridized carbons (Fsp3) is 0.556. The highest BCUT2D eigenvalue weighted by molar-refractivity contribution is 9.10. The maximum Gasteiger partial charge on any atom is 0.256 e. The first-order chi connectivity index (χ1) is 11.7. The summed E-state index contributed by atoms with van der Waals surface area (Å²) in [5.41, 5.74) is 1.43. The Morgan fingerprint density at radius 1 is 1.16 bits per heavy atom. The molecule has 0 aliphatic carbocycles. The van der Waals surface area contributed by atoms with E-state index in [-0.39, 0.29) is 11.7 Å². The van der Waals surface area contributed by atoms with Crippen molar-refractivity contribution in [3.8, 4) is 0 Å². The SMILES string of the molecule is CON1CCC2(CC1)C(=O)C(Cl)(c1c(C)cc(Br)cc1C)C(=O)N2C. The van der Waals surface area contributed by atoms with Crippen molar-refractivity contribution in [2.45, 2.75) is 37.1 Å². The number of alkyl halides is 1. The number of hydrogen-bond donors (Lipinski definition) is 0. The van der Waals surface area contributed by atoms with Crippen LogP contribution in [0.2, 0.25) is 0 Å². The maximum atomic E-state index is 13.5. The molecule has 2 aliphatic heterocycles. The van der Waals surface area contributed by atoms with E-state index in [0.29, 0.717) is 31.5 Å². The van der Waals surface area contributed by atoms with Gasteiger partial charge in [0.15, 0.2) is 5.78 Å². The Morgan fingerprint density at radius 2 is 1.68 bits per heavy atom. The molecule has 0 bridgehead atoms. The smallest absolute Gasteiger partial charge is 0.256 e. The Labute approximate surface area is 161 Å². The summed E-state index contributed by atoms with van der Waals surface area (Å²) in [7, 11) is 3.31. The first-order valence-electron chi connectivity index (χ1n) is 8.27. The lowest BCUT2D eigenvalue weighted by atomic mass is 9.78. The molecule has 136 valence electrons. The van der Waals surface area contributed by atoms with Crippen LogP contribution < -0.4 is 0 Å². The van der Waals surface area contributed by atoms with Gasteiger partial charge in [-0.1, -0.05) is 27.5 Å². The van der Waals surface area contributed by atoms with Gasteiger partial charge >= 0.3 is 0 Å². The van der Waals surface area contributed by atoms with Gasteiger partial charge in [-0.3, -0.25) is 9.59 Å². The second-order valence-corrected chi connectivity index (χ2v) is 8.39. The molecule has 1 aromatic carbocycles. The van der Waals surface area contributed by atoms with E-state index >= 15 is 0 Å². The molecule has 0 saturated carbocycles. The van der Waals surface area contributed by atoms with E-state index in [2.05, 4.69) is 15.9 Å². The lowest BCUT2D eigenvalue weighted by Crippen LogP contribution is -2.55. The minimum Gasteiger partial charge on any atom is -0.331 e. The van der Waals surface area contributed by atoms with E-state index in [9.17, 15) is 9.59 Å². The summed E-state index contributed by atoms with van der Waals surface area (Å²) in [5, 5.41) is 1.81. The van der Waals surface area contributed by atoms with Gasteiger partial charge in [0, 0.05) is 24.6 Å². The summed E-state index contributed by atoms with van der Waals surface area (Å²) in [6.07, 6.45) is 1.04. The molecule has 0 aromatic heterocycles. The number of nitrogens with zero attached hydrogens (tertiary/aromatic N) is 2. The fourth-order valence-corrected chi connectivity index (χ4v) is 5.56. The molecule has 2 fully saturated rings. The molecule has 1 amide bonds. The normalized spacial score (nSPS) is 26.7. The molecule has 5 nitrogen and oxygen atoms in total. The Kier molecular flexibility index (Phi) is 4.77. The fourth-order valence-electron chi connectivity index (χ4n) is 4.27. The minimum absolute atomic E-state index is 0.210. The van der Waals surface area contributed by atoms with Crippen LogP contribution in [-0.2, 0) is 19.3 Å². The number of rotatable bonds is 2. The van der Waals surface area contributed by atoms with Crippen molar-refractivity contribution in [2.24, 2.45) is 0 Å². The minimum atomic E-state index is -1.65. The average molecular weight is 430 g/mol. The van der Waals surface area contributed by atoms with Gasteiger partial charge < -0.3 is 9.74 Å². The van der Waals surface area contributed by atoms with E-state index in [1.54, 1.807) is 24.1 Å². The molecule has 1 aromatic rings. The first-order valence-corrected chi connectivity index (χ1v) is 9.44. The van der Waals surface area contributed by atoms with Gasteiger partial charge in [0.25, 0.3) is 5.91 Å². The second kappa shape index (κ2) is 6.34. The van der Waals surface area contributed by atoms with Crippen LogP contribution in [0.1, 0.15) is 29.5 Å². The number of aryl methyl sites for hydroxylation is 2. The highest BCUT2D eigenvalue weighted by Gasteiger charge is 2.66. The number of hydroxylamine groups is 2. The number of hydrogen-bond acceptors (Lipinski definition) is 4. The molecule has 2 saturated heterocycles. The number of Topliss-reactive ketones (excluding diaryl/α,β-unsaturated/α-hetero) is 1. The average Bonchev–Trinajstić information content (AvgIpc) is 2.70. The molecule has 2 aliphatic rings. The summed E-state index contributed by atoms with van der Waals surface area (Å²) in [6.45, 7) is 4.95. The second-order valence-electron chi connectivity index (χ2n) is 6.91. The van der Waals surface area contributed by atoms with E-state index in [1.165, 1.54) is 0 Å². The number of ketones is 1. The number of piperidine rings is 1. The van der Waals surface area contributed by atoms with Crippen molar-refractivity contribution in [3.63, 3.8) is 0 Å². The highest BCUT2D eigenvalue weighted by atomic mass is 79.9. The number of likely N-dealkylation sites (tertiary alicyclic amines) is 1. The lowest BCUT2D eigenvalue weighted by molar-refractivity contribution is -0.165. The van der Waals surface area contributed by atoms with Crippen molar-refractivity contribution in [3.05, 3.63) is 33.3 Å². The zero-order valence-electron chi connectivity index (χ0n) is 14.9. The van der Waals surface area contributed by atoms with Gasteiger partial charge in [0.05, 0.1) is 7.11 Å². The highest BCUT2D eigenvalue weighted by Crippen LogP contribution is 2.50. The number of carbonyl (C=O) groups is 2. The third-order valence-electron chi connectivity index (χ3n) is 5.63. The van der Waals surface area contributed by atoms with Gasteiger partial charge in [0.1, 0.15) is 5.54 Å². The van der Waals surface area contributed by atoms with Crippen molar-refractivity contribution >= 4 is 39.2 Å². The summed E-state index contributed by atoms with van der Waals surface area (Å²) in [6, 6.07) is 3.79. The van der Waals surface area contributed by atoms with Gasteiger partial charge in [-0.15, -0.1) is 0 Å². The molecular weight excluding hydrogens is 408 g/mol. The number of amides is 1. The Hall–Kier alpha value is -0.950.